The quantitative estimate of drug-likeness (QED) is 0.810. The minimum Gasteiger partial charge on any atom is -0.493 e. The summed E-state index contributed by atoms with van der Waals surface area (Å²) in [6, 6.07) is 6.82. The minimum atomic E-state index is 0.291. The maximum absolute atomic E-state index is 5.84. The third kappa shape index (κ3) is 2.66. The van der Waals surface area contributed by atoms with Gasteiger partial charge in [-0.05, 0) is 18.2 Å². The van der Waals surface area contributed by atoms with Gasteiger partial charge in [-0.15, -0.1) is 0 Å². The standard InChI is InChI=1S/C12H10Cl2N2O2/c1-17-8-4-3-7(5-9(8)18-2)12-15-10(13)6-11(14)16-12/h3-6H,1-2H3. The molecule has 0 spiro atoms. The number of benzene rings is 1. The average Bonchev–Trinajstić information content (AvgIpc) is 2.36. The van der Waals surface area contributed by atoms with E-state index in [0.29, 0.717) is 27.6 Å². The van der Waals surface area contributed by atoms with E-state index in [1.807, 2.05) is 6.07 Å². The van der Waals surface area contributed by atoms with Gasteiger partial charge in [-0.1, -0.05) is 23.2 Å². The van der Waals surface area contributed by atoms with Gasteiger partial charge in [-0.25, -0.2) is 9.97 Å². The zero-order valence-corrected chi connectivity index (χ0v) is 11.3. The van der Waals surface area contributed by atoms with E-state index in [0.717, 1.165) is 5.56 Å². The summed E-state index contributed by atoms with van der Waals surface area (Å²) in [7, 11) is 3.14. The summed E-state index contributed by atoms with van der Waals surface area (Å²) in [5, 5.41) is 0.583. The maximum atomic E-state index is 5.84. The van der Waals surface area contributed by atoms with Crippen molar-refractivity contribution in [2.45, 2.75) is 0 Å². The predicted molar refractivity (Wildman–Crippen MR) is 70.6 cm³/mol. The Morgan fingerprint density at radius 3 is 2.06 bits per heavy atom. The number of nitrogens with zero attached hydrogens (tertiary/aromatic N) is 2. The highest BCUT2D eigenvalue weighted by atomic mass is 35.5. The normalized spacial score (nSPS) is 10.2. The first-order valence-corrected chi connectivity index (χ1v) is 5.82. The fourth-order valence-corrected chi connectivity index (χ4v) is 1.92. The molecule has 0 bridgehead atoms. The first kappa shape index (κ1) is 12.9. The molecule has 0 radical (unpaired) electrons. The molecule has 2 aromatic rings. The lowest BCUT2D eigenvalue weighted by Crippen LogP contribution is -1.93. The molecule has 94 valence electrons. The highest BCUT2D eigenvalue weighted by molar-refractivity contribution is 6.33. The molecule has 1 heterocycles. The molecule has 0 aliphatic rings. The van der Waals surface area contributed by atoms with Gasteiger partial charge in [0.05, 0.1) is 14.2 Å². The van der Waals surface area contributed by atoms with E-state index >= 15 is 0 Å². The van der Waals surface area contributed by atoms with E-state index in [9.17, 15) is 0 Å². The number of rotatable bonds is 3. The summed E-state index contributed by atoms with van der Waals surface area (Å²) in [6.07, 6.45) is 0. The van der Waals surface area contributed by atoms with Crippen molar-refractivity contribution in [2.24, 2.45) is 0 Å². The number of halogens is 2. The van der Waals surface area contributed by atoms with Gasteiger partial charge in [-0.3, -0.25) is 0 Å². The third-order valence-corrected chi connectivity index (χ3v) is 2.69. The topological polar surface area (TPSA) is 44.2 Å². The second kappa shape index (κ2) is 5.42. The lowest BCUT2D eigenvalue weighted by atomic mass is 10.2. The van der Waals surface area contributed by atoms with E-state index in [1.165, 1.54) is 6.07 Å². The smallest absolute Gasteiger partial charge is 0.162 e. The molecule has 0 fully saturated rings. The van der Waals surface area contributed by atoms with Crippen molar-refractivity contribution in [2.75, 3.05) is 14.2 Å². The summed E-state index contributed by atoms with van der Waals surface area (Å²) in [6.45, 7) is 0. The van der Waals surface area contributed by atoms with Gasteiger partial charge in [0.1, 0.15) is 10.3 Å². The molecule has 0 unspecified atom stereocenters. The largest absolute Gasteiger partial charge is 0.493 e. The van der Waals surface area contributed by atoms with Gasteiger partial charge in [0, 0.05) is 11.6 Å². The Bertz CT molecular complexity index is 556. The second-order valence-corrected chi connectivity index (χ2v) is 4.18. The fraction of sp³-hybridized carbons (Fsp3) is 0.167. The van der Waals surface area contributed by atoms with Crippen LogP contribution < -0.4 is 9.47 Å². The molecule has 0 N–H and O–H groups in total. The fourth-order valence-electron chi connectivity index (χ4n) is 1.49. The van der Waals surface area contributed by atoms with Crippen LogP contribution in [0, 0.1) is 0 Å². The summed E-state index contributed by atoms with van der Waals surface area (Å²) >= 11 is 11.7. The van der Waals surface area contributed by atoms with E-state index in [4.69, 9.17) is 32.7 Å². The Morgan fingerprint density at radius 1 is 0.889 bits per heavy atom. The van der Waals surface area contributed by atoms with E-state index in [-0.39, 0.29) is 0 Å². The molecule has 0 saturated heterocycles. The molecule has 0 amide bonds. The Morgan fingerprint density at radius 2 is 1.50 bits per heavy atom. The third-order valence-electron chi connectivity index (χ3n) is 2.31. The Hall–Kier alpha value is -1.52. The molecule has 1 aromatic heterocycles. The second-order valence-electron chi connectivity index (χ2n) is 3.41. The molecular weight excluding hydrogens is 275 g/mol. The Labute approximate surface area is 114 Å². The van der Waals surface area contributed by atoms with Crippen LogP contribution in [0.1, 0.15) is 0 Å². The molecule has 0 aliphatic carbocycles. The van der Waals surface area contributed by atoms with Crippen LogP contribution >= 0.6 is 23.2 Å². The number of aromatic nitrogens is 2. The number of ether oxygens (including phenoxy) is 2. The monoisotopic (exact) mass is 284 g/mol. The van der Waals surface area contributed by atoms with Crippen LogP contribution in [-0.2, 0) is 0 Å². The van der Waals surface area contributed by atoms with Crippen molar-refractivity contribution in [1.29, 1.82) is 0 Å². The molecule has 0 atom stereocenters. The summed E-state index contributed by atoms with van der Waals surface area (Å²) < 4.78 is 10.4. The molecule has 1 aromatic carbocycles. The van der Waals surface area contributed by atoms with Gasteiger partial charge < -0.3 is 9.47 Å². The number of methoxy groups -OCH3 is 2. The van der Waals surface area contributed by atoms with Crippen molar-refractivity contribution >= 4 is 23.2 Å². The minimum absolute atomic E-state index is 0.291. The first-order chi connectivity index (χ1) is 8.63. The molecule has 0 aliphatic heterocycles. The van der Waals surface area contributed by atoms with E-state index in [1.54, 1.807) is 26.4 Å². The van der Waals surface area contributed by atoms with Crippen LogP contribution in [0.2, 0.25) is 10.3 Å². The number of hydrogen-bond donors (Lipinski definition) is 0. The van der Waals surface area contributed by atoms with Gasteiger partial charge in [0.2, 0.25) is 0 Å². The van der Waals surface area contributed by atoms with Crippen LogP contribution in [0.4, 0.5) is 0 Å². The average molecular weight is 285 g/mol. The summed E-state index contributed by atoms with van der Waals surface area (Å²) in [4.78, 5) is 8.22. The number of hydrogen-bond acceptors (Lipinski definition) is 4. The lowest BCUT2D eigenvalue weighted by molar-refractivity contribution is 0.355. The van der Waals surface area contributed by atoms with Crippen LogP contribution in [0.25, 0.3) is 11.4 Å². The molecule has 2 rings (SSSR count). The lowest BCUT2D eigenvalue weighted by Gasteiger charge is -2.09. The van der Waals surface area contributed by atoms with Crippen LogP contribution in [0.5, 0.6) is 11.5 Å². The van der Waals surface area contributed by atoms with Gasteiger partial charge in [0.25, 0.3) is 0 Å². The molecular formula is C12H10Cl2N2O2. The van der Waals surface area contributed by atoms with E-state index in [2.05, 4.69) is 9.97 Å². The Kier molecular flexibility index (Phi) is 3.89. The zero-order chi connectivity index (χ0) is 13.1. The van der Waals surface area contributed by atoms with Crippen LogP contribution in [0.3, 0.4) is 0 Å². The Balaban J connectivity index is 2.50. The van der Waals surface area contributed by atoms with Crippen LogP contribution in [0.15, 0.2) is 24.3 Å². The van der Waals surface area contributed by atoms with Gasteiger partial charge in [-0.2, -0.15) is 0 Å². The first-order valence-electron chi connectivity index (χ1n) is 5.06. The summed E-state index contributed by atoms with van der Waals surface area (Å²) in [5.74, 6) is 1.66. The highest BCUT2D eigenvalue weighted by Crippen LogP contribution is 2.31. The predicted octanol–water partition coefficient (Wildman–Crippen LogP) is 3.47. The summed E-state index contributed by atoms with van der Waals surface area (Å²) in [5.41, 5.74) is 0.747. The van der Waals surface area contributed by atoms with Crippen molar-refractivity contribution in [3.05, 3.63) is 34.6 Å². The zero-order valence-electron chi connectivity index (χ0n) is 9.78. The van der Waals surface area contributed by atoms with Crippen molar-refractivity contribution < 1.29 is 9.47 Å². The highest BCUT2D eigenvalue weighted by Gasteiger charge is 2.09. The van der Waals surface area contributed by atoms with E-state index < -0.39 is 0 Å². The molecule has 4 nitrogen and oxygen atoms in total. The van der Waals surface area contributed by atoms with Gasteiger partial charge in [0.15, 0.2) is 17.3 Å². The molecule has 0 saturated carbocycles. The maximum Gasteiger partial charge on any atom is 0.162 e. The van der Waals surface area contributed by atoms with Crippen molar-refractivity contribution in [3.63, 3.8) is 0 Å². The van der Waals surface area contributed by atoms with Crippen molar-refractivity contribution in [1.82, 2.24) is 9.97 Å². The van der Waals surface area contributed by atoms with Crippen molar-refractivity contribution in [3.8, 4) is 22.9 Å². The molecule has 18 heavy (non-hydrogen) atoms. The SMILES string of the molecule is COc1ccc(-c2nc(Cl)cc(Cl)n2)cc1OC. The van der Waals surface area contributed by atoms with Gasteiger partial charge >= 0.3 is 0 Å². The van der Waals surface area contributed by atoms with Crippen LogP contribution in [-0.4, -0.2) is 24.2 Å². The molecule has 6 heteroatoms.